The molecule has 0 spiro atoms. The summed E-state index contributed by atoms with van der Waals surface area (Å²) in [5, 5.41) is 9.80. The SMILES string of the molecule is CC1NNC(C)C1c1nccc(N2CCCC(O)C2)n1. The first-order valence-electron chi connectivity index (χ1n) is 7.42. The Labute approximate surface area is 119 Å². The Kier molecular flexibility index (Phi) is 3.87. The molecule has 0 radical (unpaired) electrons. The van der Waals surface area contributed by atoms with Gasteiger partial charge in [0.25, 0.3) is 0 Å². The van der Waals surface area contributed by atoms with E-state index in [1.54, 1.807) is 0 Å². The highest BCUT2D eigenvalue weighted by Crippen LogP contribution is 2.26. The molecule has 0 bridgehead atoms. The van der Waals surface area contributed by atoms with Gasteiger partial charge in [-0.25, -0.2) is 9.97 Å². The molecule has 6 nitrogen and oxygen atoms in total. The second-order valence-corrected chi connectivity index (χ2v) is 5.91. The first kappa shape index (κ1) is 13.7. The van der Waals surface area contributed by atoms with E-state index in [2.05, 4.69) is 34.6 Å². The Morgan fingerprint density at radius 2 is 2.05 bits per heavy atom. The summed E-state index contributed by atoms with van der Waals surface area (Å²) in [6, 6.07) is 2.56. The van der Waals surface area contributed by atoms with Crippen LogP contribution in [0.15, 0.2) is 12.3 Å². The van der Waals surface area contributed by atoms with Crippen molar-refractivity contribution < 1.29 is 5.11 Å². The van der Waals surface area contributed by atoms with Crippen molar-refractivity contribution in [3.8, 4) is 0 Å². The third-order valence-electron chi connectivity index (χ3n) is 4.29. The van der Waals surface area contributed by atoms with Crippen molar-refractivity contribution >= 4 is 5.82 Å². The molecular weight excluding hydrogens is 254 g/mol. The number of β-amino-alcohol motifs (C(OH)–C–C–N with tert-alkyl or cyclic N) is 1. The van der Waals surface area contributed by atoms with Crippen LogP contribution in [0.25, 0.3) is 0 Å². The molecule has 20 heavy (non-hydrogen) atoms. The average Bonchev–Trinajstić information content (AvgIpc) is 2.78. The normalized spacial score (nSPS) is 34.5. The highest BCUT2D eigenvalue weighted by Gasteiger charge is 2.33. The van der Waals surface area contributed by atoms with E-state index in [0.717, 1.165) is 31.0 Å². The van der Waals surface area contributed by atoms with E-state index in [0.29, 0.717) is 18.6 Å². The molecule has 3 rings (SSSR count). The van der Waals surface area contributed by atoms with Crippen LogP contribution in [-0.2, 0) is 0 Å². The van der Waals surface area contributed by atoms with Gasteiger partial charge in [-0.2, -0.15) is 0 Å². The van der Waals surface area contributed by atoms with Crippen LogP contribution in [0.5, 0.6) is 0 Å². The molecule has 6 heteroatoms. The van der Waals surface area contributed by atoms with E-state index >= 15 is 0 Å². The molecule has 2 aliphatic rings. The third kappa shape index (κ3) is 2.63. The Morgan fingerprint density at radius 3 is 2.75 bits per heavy atom. The molecule has 0 amide bonds. The van der Waals surface area contributed by atoms with E-state index in [1.807, 2.05) is 12.3 Å². The van der Waals surface area contributed by atoms with Gasteiger partial charge >= 0.3 is 0 Å². The summed E-state index contributed by atoms with van der Waals surface area (Å²) in [7, 11) is 0. The number of aliphatic hydroxyl groups excluding tert-OH is 1. The number of hydrogen-bond acceptors (Lipinski definition) is 6. The highest BCUT2D eigenvalue weighted by atomic mass is 16.3. The minimum absolute atomic E-state index is 0.241. The van der Waals surface area contributed by atoms with Gasteiger partial charge in [0.15, 0.2) is 0 Å². The monoisotopic (exact) mass is 277 g/mol. The summed E-state index contributed by atoms with van der Waals surface area (Å²) in [5.41, 5.74) is 6.48. The van der Waals surface area contributed by atoms with Crippen molar-refractivity contribution in [2.75, 3.05) is 18.0 Å². The summed E-state index contributed by atoms with van der Waals surface area (Å²) < 4.78 is 0. The first-order chi connectivity index (χ1) is 9.65. The molecule has 3 atom stereocenters. The van der Waals surface area contributed by atoms with Gasteiger partial charge in [-0.15, -0.1) is 0 Å². The van der Waals surface area contributed by atoms with Gasteiger partial charge in [-0.1, -0.05) is 0 Å². The van der Waals surface area contributed by atoms with E-state index in [9.17, 15) is 5.11 Å². The Bertz CT molecular complexity index is 459. The summed E-state index contributed by atoms with van der Waals surface area (Å²) in [5.74, 6) is 2.07. The summed E-state index contributed by atoms with van der Waals surface area (Å²) in [4.78, 5) is 11.4. The second-order valence-electron chi connectivity index (χ2n) is 5.91. The number of hydrogen-bond donors (Lipinski definition) is 3. The van der Waals surface area contributed by atoms with Crippen molar-refractivity contribution in [1.82, 2.24) is 20.8 Å². The van der Waals surface area contributed by atoms with Crippen LogP contribution in [0.2, 0.25) is 0 Å². The maximum atomic E-state index is 9.80. The van der Waals surface area contributed by atoms with Crippen LogP contribution in [0.3, 0.4) is 0 Å². The summed E-state index contributed by atoms with van der Waals surface area (Å²) >= 11 is 0. The lowest BCUT2D eigenvalue weighted by atomic mass is 9.96. The van der Waals surface area contributed by atoms with Crippen LogP contribution in [0.1, 0.15) is 38.4 Å². The third-order valence-corrected chi connectivity index (χ3v) is 4.29. The largest absolute Gasteiger partial charge is 0.391 e. The van der Waals surface area contributed by atoms with Gasteiger partial charge in [0.1, 0.15) is 11.6 Å². The smallest absolute Gasteiger partial charge is 0.136 e. The number of aliphatic hydroxyl groups is 1. The van der Waals surface area contributed by atoms with Gasteiger partial charge in [0.05, 0.1) is 12.0 Å². The quantitative estimate of drug-likeness (QED) is 0.727. The predicted molar refractivity (Wildman–Crippen MR) is 77.4 cm³/mol. The van der Waals surface area contributed by atoms with E-state index in [4.69, 9.17) is 4.98 Å². The number of piperidine rings is 1. The number of anilines is 1. The molecule has 3 unspecified atom stereocenters. The number of nitrogens with zero attached hydrogens (tertiary/aromatic N) is 3. The maximum Gasteiger partial charge on any atom is 0.136 e. The van der Waals surface area contributed by atoms with Crippen molar-refractivity contribution in [3.63, 3.8) is 0 Å². The molecule has 0 aromatic carbocycles. The molecule has 2 saturated heterocycles. The fraction of sp³-hybridized carbons (Fsp3) is 0.714. The molecular formula is C14H23N5O. The molecule has 2 fully saturated rings. The molecule has 1 aromatic rings. The lowest BCUT2D eigenvalue weighted by Gasteiger charge is -2.31. The van der Waals surface area contributed by atoms with E-state index in [-0.39, 0.29) is 12.0 Å². The molecule has 2 aliphatic heterocycles. The van der Waals surface area contributed by atoms with Crippen molar-refractivity contribution in [2.45, 2.75) is 50.8 Å². The molecule has 110 valence electrons. The van der Waals surface area contributed by atoms with Gasteiger partial charge in [0.2, 0.25) is 0 Å². The fourth-order valence-electron chi connectivity index (χ4n) is 3.19. The van der Waals surface area contributed by atoms with Crippen LogP contribution in [-0.4, -0.2) is 46.4 Å². The zero-order valence-corrected chi connectivity index (χ0v) is 12.1. The zero-order valence-electron chi connectivity index (χ0n) is 12.1. The van der Waals surface area contributed by atoms with Crippen molar-refractivity contribution in [1.29, 1.82) is 0 Å². The zero-order chi connectivity index (χ0) is 14.1. The average molecular weight is 277 g/mol. The minimum atomic E-state index is -0.241. The number of hydrazine groups is 1. The highest BCUT2D eigenvalue weighted by molar-refractivity contribution is 5.39. The molecule has 0 saturated carbocycles. The number of nitrogens with one attached hydrogen (secondary N) is 2. The van der Waals surface area contributed by atoms with Crippen molar-refractivity contribution in [2.24, 2.45) is 0 Å². The molecule has 1 aromatic heterocycles. The van der Waals surface area contributed by atoms with Gasteiger partial charge in [-0.05, 0) is 32.8 Å². The lowest BCUT2D eigenvalue weighted by Crippen LogP contribution is -2.39. The van der Waals surface area contributed by atoms with E-state index < -0.39 is 0 Å². The van der Waals surface area contributed by atoms with E-state index in [1.165, 1.54) is 0 Å². The molecule has 3 heterocycles. The summed E-state index contributed by atoms with van der Waals surface area (Å²) in [6.07, 6.45) is 3.49. The Morgan fingerprint density at radius 1 is 1.30 bits per heavy atom. The molecule has 3 N–H and O–H groups in total. The second kappa shape index (κ2) is 5.63. The minimum Gasteiger partial charge on any atom is -0.391 e. The topological polar surface area (TPSA) is 73.3 Å². The Hall–Kier alpha value is -1.24. The van der Waals surface area contributed by atoms with Crippen molar-refractivity contribution in [3.05, 3.63) is 18.1 Å². The summed E-state index contributed by atoms with van der Waals surface area (Å²) in [6.45, 7) is 5.91. The van der Waals surface area contributed by atoms with Crippen LogP contribution in [0.4, 0.5) is 5.82 Å². The maximum absolute atomic E-state index is 9.80. The van der Waals surface area contributed by atoms with Crippen LogP contribution in [0, 0.1) is 0 Å². The molecule has 0 aliphatic carbocycles. The van der Waals surface area contributed by atoms with Crippen LogP contribution < -0.4 is 15.8 Å². The van der Waals surface area contributed by atoms with Gasteiger partial charge < -0.3 is 10.0 Å². The Balaban J connectivity index is 1.82. The predicted octanol–water partition coefficient (Wildman–Crippen LogP) is 0.406. The van der Waals surface area contributed by atoms with Gasteiger partial charge in [-0.3, -0.25) is 10.9 Å². The number of aromatic nitrogens is 2. The van der Waals surface area contributed by atoms with Gasteiger partial charge in [0, 0.05) is 31.4 Å². The lowest BCUT2D eigenvalue weighted by molar-refractivity contribution is 0.154. The number of rotatable bonds is 2. The van der Waals surface area contributed by atoms with Crippen LogP contribution >= 0.6 is 0 Å². The first-order valence-corrected chi connectivity index (χ1v) is 7.42. The fourth-order valence-corrected chi connectivity index (χ4v) is 3.19. The standard InChI is InChI=1S/C14H23N5O/c1-9-13(10(2)18-17-9)14-15-6-5-12(16-14)19-7-3-4-11(20)8-19/h5-6,9-11,13,17-18,20H,3-4,7-8H2,1-2H3.